The Kier molecular flexibility index (Phi) is 5.87. The third-order valence-electron chi connectivity index (χ3n) is 5.61. The summed E-state index contributed by atoms with van der Waals surface area (Å²) in [4.78, 5) is 34.1. The first-order valence-electron chi connectivity index (χ1n) is 10.9. The van der Waals surface area contributed by atoms with Crippen LogP contribution >= 0.6 is 0 Å². The summed E-state index contributed by atoms with van der Waals surface area (Å²) < 4.78 is 30.1. The van der Waals surface area contributed by atoms with E-state index in [1.54, 1.807) is 24.7 Å². The molecule has 0 aliphatic heterocycles. The number of pyridine rings is 4. The van der Waals surface area contributed by atoms with E-state index >= 15 is 4.39 Å². The molecule has 0 radical (unpaired) electrons. The zero-order valence-electron chi connectivity index (χ0n) is 19.0. The van der Waals surface area contributed by atoms with Gasteiger partial charge >= 0.3 is 0 Å². The SMILES string of the molecule is CN(C)CCNC(=O)c1ncc(-c2c(F)cnc3[nH]c4cnc(-c5cccnc5)cc4c23)cc1F. The Morgan fingerprint density at radius 1 is 1.03 bits per heavy atom. The minimum atomic E-state index is -0.841. The lowest BCUT2D eigenvalue weighted by Gasteiger charge is -2.11. The lowest BCUT2D eigenvalue weighted by atomic mass is 10.0. The largest absolute Gasteiger partial charge is 0.349 e. The number of hydrogen-bond donors (Lipinski definition) is 2. The van der Waals surface area contributed by atoms with Crippen LogP contribution < -0.4 is 5.32 Å². The van der Waals surface area contributed by atoms with Crippen molar-refractivity contribution < 1.29 is 13.6 Å². The van der Waals surface area contributed by atoms with Crippen LogP contribution in [-0.4, -0.2) is 62.9 Å². The predicted octanol–water partition coefficient (Wildman–Crippen LogP) is 3.80. The monoisotopic (exact) mass is 473 g/mol. The molecule has 2 N–H and O–H groups in total. The van der Waals surface area contributed by atoms with Crippen molar-refractivity contribution in [3.8, 4) is 22.4 Å². The molecule has 0 fully saturated rings. The topological polar surface area (TPSA) is 99.7 Å². The maximum absolute atomic E-state index is 15.1. The number of hydrogen-bond acceptors (Lipinski definition) is 6. The summed E-state index contributed by atoms with van der Waals surface area (Å²) in [5.74, 6) is -2.11. The van der Waals surface area contributed by atoms with Gasteiger partial charge in [-0.2, -0.15) is 0 Å². The lowest BCUT2D eigenvalue weighted by Crippen LogP contribution is -2.32. The van der Waals surface area contributed by atoms with Crippen LogP contribution in [0, 0.1) is 11.6 Å². The van der Waals surface area contributed by atoms with Crippen LogP contribution in [0.3, 0.4) is 0 Å². The Labute approximate surface area is 199 Å². The Morgan fingerprint density at radius 2 is 1.89 bits per heavy atom. The first-order valence-corrected chi connectivity index (χ1v) is 10.9. The van der Waals surface area contributed by atoms with E-state index in [0.717, 1.165) is 17.8 Å². The number of nitrogens with zero attached hydrogens (tertiary/aromatic N) is 5. The number of halogens is 2. The van der Waals surface area contributed by atoms with Gasteiger partial charge in [-0.05, 0) is 38.4 Å². The van der Waals surface area contributed by atoms with Gasteiger partial charge < -0.3 is 15.2 Å². The van der Waals surface area contributed by atoms with Gasteiger partial charge in [0.25, 0.3) is 5.91 Å². The molecule has 10 heteroatoms. The minimum absolute atomic E-state index is 0.135. The molecule has 0 saturated heterocycles. The summed E-state index contributed by atoms with van der Waals surface area (Å²) in [5, 5.41) is 3.77. The van der Waals surface area contributed by atoms with E-state index in [4.69, 9.17) is 0 Å². The van der Waals surface area contributed by atoms with Gasteiger partial charge in [0.2, 0.25) is 0 Å². The standard InChI is InChI=1S/C25H21F2N7O/c1-34(2)7-6-29-25(35)23-17(26)8-15(11-31-23)21-18(27)12-32-24-22(21)16-9-19(30-13-20(16)33-24)14-4-3-5-28-10-14/h3-5,8-13H,6-7H2,1-2H3,(H,29,35)(H,32,33). The quantitative estimate of drug-likeness (QED) is 0.389. The summed E-state index contributed by atoms with van der Waals surface area (Å²) in [6.07, 6.45) is 7.36. The van der Waals surface area contributed by atoms with Crippen LogP contribution in [0.1, 0.15) is 10.5 Å². The third-order valence-corrected chi connectivity index (χ3v) is 5.61. The van der Waals surface area contributed by atoms with Crippen LogP contribution in [0.25, 0.3) is 44.3 Å². The zero-order chi connectivity index (χ0) is 24.5. The van der Waals surface area contributed by atoms with Crippen LogP contribution in [0.15, 0.2) is 55.2 Å². The number of carbonyl (C=O) groups excluding carboxylic acids is 1. The van der Waals surface area contributed by atoms with Gasteiger partial charge in [0.05, 0.1) is 23.6 Å². The summed E-state index contributed by atoms with van der Waals surface area (Å²) >= 11 is 0. The molecule has 0 aliphatic carbocycles. The van der Waals surface area contributed by atoms with Crippen molar-refractivity contribution in [1.29, 1.82) is 0 Å². The molecule has 0 saturated carbocycles. The molecule has 5 heterocycles. The molecule has 8 nitrogen and oxygen atoms in total. The summed E-state index contributed by atoms with van der Waals surface area (Å²) in [5.41, 5.74) is 2.50. The van der Waals surface area contributed by atoms with Gasteiger partial charge in [0, 0.05) is 59.1 Å². The summed E-state index contributed by atoms with van der Waals surface area (Å²) in [6, 6.07) is 6.60. The first-order chi connectivity index (χ1) is 16.9. The summed E-state index contributed by atoms with van der Waals surface area (Å²) in [6.45, 7) is 0.944. The fourth-order valence-electron chi connectivity index (χ4n) is 3.91. The number of aromatic nitrogens is 5. The number of nitrogens with one attached hydrogen (secondary N) is 2. The molecule has 0 bridgehead atoms. The smallest absolute Gasteiger partial charge is 0.272 e. The molecule has 0 atom stereocenters. The molecule has 5 aromatic rings. The maximum Gasteiger partial charge on any atom is 0.272 e. The van der Waals surface area contributed by atoms with Gasteiger partial charge in [-0.15, -0.1) is 0 Å². The molecule has 176 valence electrons. The minimum Gasteiger partial charge on any atom is -0.349 e. The van der Waals surface area contributed by atoms with Crippen molar-refractivity contribution in [3.05, 3.63) is 72.6 Å². The highest BCUT2D eigenvalue weighted by Crippen LogP contribution is 2.36. The van der Waals surface area contributed by atoms with E-state index in [9.17, 15) is 9.18 Å². The molecule has 0 spiro atoms. The summed E-state index contributed by atoms with van der Waals surface area (Å²) in [7, 11) is 3.73. The highest BCUT2D eigenvalue weighted by molar-refractivity contribution is 6.13. The Bertz CT molecular complexity index is 1550. The fourth-order valence-corrected chi connectivity index (χ4v) is 3.91. The third kappa shape index (κ3) is 4.31. The number of aromatic amines is 1. The van der Waals surface area contributed by atoms with E-state index in [1.807, 2.05) is 31.1 Å². The van der Waals surface area contributed by atoms with E-state index in [1.165, 1.54) is 6.20 Å². The van der Waals surface area contributed by atoms with Crippen molar-refractivity contribution in [2.24, 2.45) is 0 Å². The van der Waals surface area contributed by atoms with Crippen LogP contribution in [0.5, 0.6) is 0 Å². The Hall–Kier alpha value is -4.31. The average Bonchev–Trinajstić information content (AvgIpc) is 3.22. The van der Waals surface area contributed by atoms with Crippen LogP contribution in [-0.2, 0) is 0 Å². The van der Waals surface area contributed by atoms with E-state index < -0.39 is 17.5 Å². The second-order valence-corrected chi connectivity index (χ2v) is 8.30. The van der Waals surface area contributed by atoms with Crippen molar-refractivity contribution in [1.82, 2.24) is 35.1 Å². The Balaban J connectivity index is 1.60. The average molecular weight is 473 g/mol. The predicted molar refractivity (Wildman–Crippen MR) is 129 cm³/mol. The zero-order valence-corrected chi connectivity index (χ0v) is 19.0. The number of H-pyrrole nitrogens is 1. The molecule has 1 amide bonds. The normalized spacial score (nSPS) is 11.5. The van der Waals surface area contributed by atoms with Gasteiger partial charge in [0.15, 0.2) is 11.5 Å². The van der Waals surface area contributed by atoms with Crippen LogP contribution in [0.4, 0.5) is 8.78 Å². The van der Waals surface area contributed by atoms with Gasteiger partial charge in [-0.25, -0.2) is 18.7 Å². The first kappa shape index (κ1) is 22.5. The number of likely N-dealkylation sites (N-methyl/N-ethyl adjacent to an activating group) is 1. The van der Waals surface area contributed by atoms with Gasteiger partial charge in [-0.1, -0.05) is 0 Å². The molecule has 5 aromatic heterocycles. The second-order valence-electron chi connectivity index (χ2n) is 8.30. The molecule has 35 heavy (non-hydrogen) atoms. The van der Waals surface area contributed by atoms with Crippen molar-refractivity contribution in [3.63, 3.8) is 0 Å². The molecule has 0 aromatic carbocycles. The molecular formula is C25H21F2N7O. The van der Waals surface area contributed by atoms with Crippen molar-refractivity contribution in [2.45, 2.75) is 0 Å². The van der Waals surface area contributed by atoms with E-state index in [2.05, 4.69) is 30.2 Å². The number of carbonyl (C=O) groups is 1. The van der Waals surface area contributed by atoms with Gasteiger partial charge in [-0.3, -0.25) is 14.8 Å². The van der Waals surface area contributed by atoms with E-state index in [0.29, 0.717) is 40.7 Å². The molecule has 5 rings (SSSR count). The molecule has 0 unspecified atom stereocenters. The van der Waals surface area contributed by atoms with Crippen molar-refractivity contribution >= 4 is 27.8 Å². The number of fused-ring (bicyclic) bond motifs is 3. The molecule has 0 aliphatic rings. The lowest BCUT2D eigenvalue weighted by molar-refractivity contribution is 0.0941. The second kappa shape index (κ2) is 9.15. The number of rotatable bonds is 6. The highest BCUT2D eigenvalue weighted by Gasteiger charge is 2.20. The maximum atomic E-state index is 15.1. The van der Waals surface area contributed by atoms with E-state index in [-0.39, 0.29) is 16.8 Å². The Morgan fingerprint density at radius 3 is 2.63 bits per heavy atom. The number of amides is 1. The fraction of sp³-hybridized carbons (Fsp3) is 0.160. The molecular weight excluding hydrogens is 452 g/mol. The van der Waals surface area contributed by atoms with Gasteiger partial charge in [0.1, 0.15) is 11.5 Å². The van der Waals surface area contributed by atoms with Crippen LogP contribution in [0.2, 0.25) is 0 Å². The van der Waals surface area contributed by atoms with Crippen molar-refractivity contribution in [2.75, 3.05) is 27.2 Å². The highest BCUT2D eigenvalue weighted by atomic mass is 19.1.